The Hall–Kier alpha value is -2.98. The molecule has 5 N–H and O–H groups in total. The molecule has 1 aromatic heterocycles. The van der Waals surface area contributed by atoms with Gasteiger partial charge in [0, 0.05) is 30.3 Å². The number of hydrogen-bond donors (Lipinski definition) is 3. The largest absolute Gasteiger partial charge is 0.508 e. The molecular formula is C26H30N4O4S2. The molecule has 5 rings (SSSR count). The molecule has 1 amide bonds. The molecule has 1 saturated heterocycles. The normalized spacial score (nSPS) is 24.2. The number of thiocarbonyl (C=S) groups is 1. The zero-order chi connectivity index (χ0) is 25.4. The van der Waals surface area contributed by atoms with Crippen LogP contribution in [0.2, 0.25) is 0 Å². The number of thioether (sulfide) groups is 1. The molecule has 2 bridgehead atoms. The molecule has 190 valence electrons. The van der Waals surface area contributed by atoms with E-state index in [9.17, 15) is 9.90 Å². The molecule has 1 aromatic carbocycles. The number of nitrogens with zero attached hydrogens (tertiary/aromatic N) is 2. The van der Waals surface area contributed by atoms with Gasteiger partial charge in [0.05, 0.1) is 12.0 Å². The number of amides is 1. The van der Waals surface area contributed by atoms with Gasteiger partial charge in [0.15, 0.2) is 5.96 Å². The summed E-state index contributed by atoms with van der Waals surface area (Å²) in [4.78, 5) is 19.9. The lowest BCUT2D eigenvalue weighted by Gasteiger charge is -2.30. The quantitative estimate of drug-likeness (QED) is 0.153. The fourth-order valence-corrected chi connectivity index (χ4v) is 6.98. The first-order chi connectivity index (χ1) is 17.3. The van der Waals surface area contributed by atoms with Crippen molar-refractivity contribution in [1.29, 1.82) is 0 Å². The molecule has 10 heteroatoms. The molecule has 3 aliphatic rings. The van der Waals surface area contributed by atoms with Crippen LogP contribution in [-0.2, 0) is 11.2 Å². The van der Waals surface area contributed by atoms with Gasteiger partial charge in [-0.25, -0.2) is 0 Å². The smallest absolute Gasteiger partial charge is 0.266 e. The molecule has 3 fully saturated rings. The monoisotopic (exact) mass is 526 g/mol. The molecule has 2 heterocycles. The highest BCUT2D eigenvalue weighted by Crippen LogP contribution is 2.49. The average molecular weight is 527 g/mol. The number of phenols is 1. The highest BCUT2D eigenvalue weighted by molar-refractivity contribution is 8.26. The van der Waals surface area contributed by atoms with Crippen LogP contribution in [0.4, 0.5) is 0 Å². The van der Waals surface area contributed by atoms with Gasteiger partial charge in [0.25, 0.3) is 5.91 Å². The molecule has 0 radical (unpaired) electrons. The third kappa shape index (κ3) is 4.97. The van der Waals surface area contributed by atoms with Gasteiger partial charge in [-0.1, -0.05) is 30.4 Å². The summed E-state index contributed by atoms with van der Waals surface area (Å²) in [6, 6.07) is 7.08. The Bertz CT molecular complexity index is 1250. The Labute approximate surface area is 219 Å². The Morgan fingerprint density at radius 1 is 1.31 bits per heavy atom. The van der Waals surface area contributed by atoms with Crippen molar-refractivity contribution in [2.24, 2.45) is 28.3 Å². The second kappa shape index (κ2) is 10.2. The lowest BCUT2D eigenvalue weighted by Crippen LogP contribution is -2.41. The number of aromatic hydroxyl groups is 1. The van der Waals surface area contributed by atoms with Gasteiger partial charge in [0.2, 0.25) is 0 Å². The van der Waals surface area contributed by atoms with E-state index in [0.717, 1.165) is 17.9 Å². The maximum absolute atomic E-state index is 13.4. The minimum absolute atomic E-state index is 0.0361. The third-order valence-electron chi connectivity index (χ3n) is 7.27. The standard InChI is InChI=1S/C26H30N4O4S2/c1-33-19-10-17(9-18(31)12-19)21-11-16(3-2-6-29-25(27)28)22(34-21)13-23-24(32)30(26(35)36-23)20-8-14-4-5-15(20)7-14/h9-15,20,31H,2-8H2,1H3,(H4,27,28,29). The van der Waals surface area contributed by atoms with E-state index in [4.69, 9.17) is 32.8 Å². The number of carbonyl (C=O) groups excluding carboxylic acids is 1. The number of aryl methyl sites for hydroxylation is 1. The van der Waals surface area contributed by atoms with E-state index in [1.807, 2.05) is 11.0 Å². The number of methoxy groups -OCH3 is 1. The number of rotatable bonds is 8. The Morgan fingerprint density at radius 3 is 2.83 bits per heavy atom. The summed E-state index contributed by atoms with van der Waals surface area (Å²) in [7, 11) is 1.54. The van der Waals surface area contributed by atoms with Crippen LogP contribution in [0.25, 0.3) is 17.4 Å². The highest BCUT2D eigenvalue weighted by atomic mass is 32.2. The number of phenolic OH excluding ortho intramolecular Hbond substituents is 1. The van der Waals surface area contributed by atoms with E-state index in [1.54, 1.807) is 25.3 Å². The second-order valence-electron chi connectivity index (χ2n) is 9.62. The first-order valence-corrected chi connectivity index (χ1v) is 13.4. The fourth-order valence-electron chi connectivity index (χ4n) is 5.64. The number of fused-ring (bicyclic) bond motifs is 2. The molecule has 2 aromatic rings. The maximum Gasteiger partial charge on any atom is 0.266 e. The average Bonchev–Trinajstić information content (AvgIpc) is 3.61. The van der Waals surface area contributed by atoms with Crippen molar-refractivity contribution < 1.29 is 19.1 Å². The molecule has 3 unspecified atom stereocenters. The van der Waals surface area contributed by atoms with Crippen LogP contribution < -0.4 is 16.2 Å². The summed E-state index contributed by atoms with van der Waals surface area (Å²) in [5, 5.41) is 10.1. The third-order valence-corrected chi connectivity index (χ3v) is 8.60. The Kier molecular flexibility index (Phi) is 6.98. The van der Waals surface area contributed by atoms with E-state index < -0.39 is 0 Å². The van der Waals surface area contributed by atoms with Gasteiger partial charge in [-0.3, -0.25) is 14.7 Å². The van der Waals surface area contributed by atoms with Crippen LogP contribution in [0.3, 0.4) is 0 Å². The fraction of sp³-hybridized carbons (Fsp3) is 0.423. The Balaban J connectivity index is 1.44. The van der Waals surface area contributed by atoms with Crippen LogP contribution in [-0.4, -0.2) is 45.9 Å². The summed E-state index contributed by atoms with van der Waals surface area (Å²) in [6.45, 7) is 0.481. The molecule has 0 spiro atoms. The van der Waals surface area contributed by atoms with E-state index >= 15 is 0 Å². The van der Waals surface area contributed by atoms with E-state index in [2.05, 4.69) is 4.99 Å². The second-order valence-corrected chi connectivity index (χ2v) is 11.3. The first-order valence-electron chi connectivity index (χ1n) is 12.2. The van der Waals surface area contributed by atoms with Gasteiger partial charge in [-0.15, -0.1) is 0 Å². The summed E-state index contributed by atoms with van der Waals surface area (Å²) >= 11 is 6.99. The number of ether oxygens (including phenoxy) is 1. The van der Waals surface area contributed by atoms with Gasteiger partial charge in [-0.05, 0) is 67.7 Å². The number of hydrogen-bond acceptors (Lipinski definition) is 7. The lowest BCUT2D eigenvalue weighted by molar-refractivity contribution is -0.124. The minimum atomic E-state index is -0.0361. The van der Waals surface area contributed by atoms with Crippen molar-refractivity contribution in [3.63, 3.8) is 0 Å². The SMILES string of the molecule is COc1cc(O)cc(-c2cc(CCCN=C(N)N)c(C=C3SC(=S)N(C4CC5CCC4C5)C3=O)o2)c1. The number of aliphatic imine (C=N–C) groups is 1. The zero-order valence-corrected chi connectivity index (χ0v) is 21.7. The summed E-state index contributed by atoms with van der Waals surface area (Å²) in [5.74, 6) is 3.04. The molecule has 36 heavy (non-hydrogen) atoms. The van der Waals surface area contributed by atoms with Crippen LogP contribution in [0.1, 0.15) is 43.4 Å². The Morgan fingerprint density at radius 2 is 2.14 bits per heavy atom. The van der Waals surface area contributed by atoms with Crippen LogP contribution in [0.5, 0.6) is 11.5 Å². The van der Waals surface area contributed by atoms with E-state index in [0.29, 0.717) is 57.4 Å². The van der Waals surface area contributed by atoms with Crippen molar-refractivity contribution in [3.05, 3.63) is 40.5 Å². The van der Waals surface area contributed by atoms with Gasteiger partial charge >= 0.3 is 0 Å². The lowest BCUT2D eigenvalue weighted by atomic mass is 9.94. The molecular weight excluding hydrogens is 496 g/mol. The minimum Gasteiger partial charge on any atom is -0.508 e. The first kappa shape index (κ1) is 24.7. The molecule has 3 atom stereocenters. The van der Waals surface area contributed by atoms with Crippen molar-refractivity contribution in [2.75, 3.05) is 13.7 Å². The summed E-state index contributed by atoms with van der Waals surface area (Å²) < 4.78 is 12.2. The van der Waals surface area contributed by atoms with Crippen LogP contribution in [0.15, 0.2) is 38.6 Å². The van der Waals surface area contributed by atoms with Crippen LogP contribution in [0, 0.1) is 11.8 Å². The topological polar surface area (TPSA) is 127 Å². The number of guanidine groups is 1. The van der Waals surface area contributed by atoms with Crippen molar-refractivity contribution in [2.45, 2.75) is 44.6 Å². The number of nitrogens with two attached hydrogens (primary N) is 2. The van der Waals surface area contributed by atoms with E-state index in [-0.39, 0.29) is 23.7 Å². The zero-order valence-electron chi connectivity index (χ0n) is 20.1. The number of furan rings is 1. The molecule has 2 saturated carbocycles. The van der Waals surface area contributed by atoms with Gasteiger partial charge in [-0.2, -0.15) is 0 Å². The van der Waals surface area contributed by atoms with Crippen molar-refractivity contribution in [3.8, 4) is 22.8 Å². The highest BCUT2D eigenvalue weighted by Gasteiger charge is 2.48. The number of benzene rings is 1. The van der Waals surface area contributed by atoms with Crippen molar-refractivity contribution in [1.82, 2.24) is 4.90 Å². The van der Waals surface area contributed by atoms with Crippen LogP contribution >= 0.6 is 24.0 Å². The maximum atomic E-state index is 13.4. The number of carbonyl (C=O) groups is 1. The molecule has 2 aliphatic carbocycles. The van der Waals surface area contributed by atoms with E-state index in [1.165, 1.54) is 37.1 Å². The predicted molar refractivity (Wildman–Crippen MR) is 146 cm³/mol. The van der Waals surface area contributed by atoms with Crippen molar-refractivity contribution >= 4 is 46.2 Å². The molecule has 8 nitrogen and oxygen atoms in total. The summed E-state index contributed by atoms with van der Waals surface area (Å²) in [6.07, 6.45) is 7.85. The van der Waals surface area contributed by atoms with Gasteiger partial charge < -0.3 is 25.7 Å². The summed E-state index contributed by atoms with van der Waals surface area (Å²) in [5.41, 5.74) is 12.5. The van der Waals surface area contributed by atoms with Gasteiger partial charge in [0.1, 0.15) is 27.3 Å². The molecule has 1 aliphatic heterocycles. The predicted octanol–water partition coefficient (Wildman–Crippen LogP) is 4.26.